The Morgan fingerprint density at radius 1 is 1.41 bits per heavy atom. The SMILES string of the molecule is O=S(=O)(c1cccc(F)c1)N1CCCC(O)(c2cn[nH]n2)C1. The summed E-state index contributed by atoms with van der Waals surface area (Å²) in [7, 11) is -3.87. The van der Waals surface area contributed by atoms with Gasteiger partial charge < -0.3 is 5.11 Å². The summed E-state index contributed by atoms with van der Waals surface area (Å²) in [5.74, 6) is -0.621. The molecule has 2 heterocycles. The highest BCUT2D eigenvalue weighted by Crippen LogP contribution is 2.32. The highest BCUT2D eigenvalue weighted by Gasteiger charge is 2.41. The minimum atomic E-state index is -3.87. The first-order valence-electron chi connectivity index (χ1n) is 6.76. The molecule has 7 nitrogen and oxygen atoms in total. The lowest BCUT2D eigenvalue weighted by Crippen LogP contribution is -2.48. The van der Waals surface area contributed by atoms with Gasteiger partial charge in [0.05, 0.1) is 11.1 Å². The first-order chi connectivity index (χ1) is 10.4. The van der Waals surface area contributed by atoms with Gasteiger partial charge >= 0.3 is 0 Å². The van der Waals surface area contributed by atoms with Crippen molar-refractivity contribution >= 4 is 10.0 Å². The zero-order chi connectivity index (χ0) is 15.8. The molecule has 1 aliphatic rings. The molecule has 0 aliphatic carbocycles. The number of H-pyrrole nitrogens is 1. The predicted octanol–water partition coefficient (Wildman–Crippen LogP) is 0.616. The van der Waals surface area contributed by atoms with Crippen LogP contribution in [0.5, 0.6) is 0 Å². The van der Waals surface area contributed by atoms with Gasteiger partial charge in [-0.15, -0.1) is 0 Å². The fourth-order valence-corrected chi connectivity index (χ4v) is 4.18. The molecule has 0 saturated carbocycles. The van der Waals surface area contributed by atoms with E-state index in [4.69, 9.17) is 0 Å². The number of sulfonamides is 1. The Labute approximate surface area is 126 Å². The van der Waals surface area contributed by atoms with E-state index in [-0.39, 0.29) is 18.0 Å². The summed E-state index contributed by atoms with van der Waals surface area (Å²) >= 11 is 0. The van der Waals surface area contributed by atoms with E-state index in [1.807, 2.05) is 0 Å². The van der Waals surface area contributed by atoms with Crippen molar-refractivity contribution in [2.45, 2.75) is 23.3 Å². The van der Waals surface area contributed by atoms with E-state index in [1.54, 1.807) is 0 Å². The maximum atomic E-state index is 13.3. The number of aromatic amines is 1. The van der Waals surface area contributed by atoms with Crippen molar-refractivity contribution in [2.24, 2.45) is 0 Å². The normalized spacial score (nSPS) is 23.5. The van der Waals surface area contributed by atoms with Gasteiger partial charge in [-0.1, -0.05) is 6.07 Å². The fourth-order valence-electron chi connectivity index (χ4n) is 2.61. The van der Waals surface area contributed by atoms with Crippen LogP contribution in [0.15, 0.2) is 35.4 Å². The molecule has 118 valence electrons. The summed E-state index contributed by atoms with van der Waals surface area (Å²) in [6.07, 6.45) is 2.23. The summed E-state index contributed by atoms with van der Waals surface area (Å²) in [5.41, 5.74) is -1.10. The quantitative estimate of drug-likeness (QED) is 0.861. The minimum absolute atomic E-state index is 0.128. The highest BCUT2D eigenvalue weighted by molar-refractivity contribution is 7.89. The largest absolute Gasteiger partial charge is 0.382 e. The maximum absolute atomic E-state index is 13.3. The molecule has 1 aromatic heterocycles. The van der Waals surface area contributed by atoms with Gasteiger partial charge in [0.15, 0.2) is 0 Å². The van der Waals surface area contributed by atoms with Gasteiger partial charge in [0.2, 0.25) is 10.0 Å². The average Bonchev–Trinajstić information content (AvgIpc) is 3.02. The molecule has 2 aromatic rings. The van der Waals surface area contributed by atoms with Crippen LogP contribution in [0.3, 0.4) is 0 Å². The second kappa shape index (κ2) is 5.41. The molecule has 0 spiro atoms. The fraction of sp³-hybridized carbons (Fsp3) is 0.385. The molecule has 2 N–H and O–H groups in total. The number of nitrogens with zero attached hydrogens (tertiary/aromatic N) is 3. The number of piperidine rings is 1. The topological polar surface area (TPSA) is 99.2 Å². The first-order valence-corrected chi connectivity index (χ1v) is 8.20. The molecular weight excluding hydrogens is 311 g/mol. The lowest BCUT2D eigenvalue weighted by atomic mass is 9.91. The van der Waals surface area contributed by atoms with Crippen molar-refractivity contribution in [3.63, 3.8) is 0 Å². The number of hydrogen-bond donors (Lipinski definition) is 2. The number of rotatable bonds is 3. The van der Waals surface area contributed by atoms with Gasteiger partial charge in [0.1, 0.15) is 17.1 Å². The van der Waals surface area contributed by atoms with Crippen molar-refractivity contribution in [1.82, 2.24) is 19.7 Å². The molecule has 1 saturated heterocycles. The third-order valence-electron chi connectivity index (χ3n) is 3.76. The van der Waals surface area contributed by atoms with Crippen LogP contribution in [-0.2, 0) is 15.6 Å². The Hall–Kier alpha value is -1.84. The molecule has 22 heavy (non-hydrogen) atoms. The van der Waals surface area contributed by atoms with Crippen molar-refractivity contribution in [2.75, 3.05) is 13.1 Å². The Morgan fingerprint density at radius 2 is 2.23 bits per heavy atom. The second-order valence-corrected chi connectivity index (χ2v) is 7.22. The van der Waals surface area contributed by atoms with Crippen LogP contribution < -0.4 is 0 Å². The van der Waals surface area contributed by atoms with E-state index >= 15 is 0 Å². The standard InChI is InChI=1S/C13H15FN4O3S/c14-10-3-1-4-11(7-10)22(20,21)18-6-2-5-13(19,9-18)12-8-15-17-16-12/h1,3-4,7-8,19H,2,5-6,9H2,(H,15,16,17). The van der Waals surface area contributed by atoms with Crippen LogP contribution >= 0.6 is 0 Å². The van der Waals surface area contributed by atoms with Gasteiger partial charge in [-0.25, -0.2) is 12.8 Å². The Kier molecular flexibility index (Phi) is 3.71. The molecule has 0 radical (unpaired) electrons. The summed E-state index contributed by atoms with van der Waals surface area (Å²) in [6.45, 7) is 0.122. The number of aliphatic hydroxyl groups is 1. The van der Waals surface area contributed by atoms with Crippen LogP contribution in [0.2, 0.25) is 0 Å². The molecule has 9 heteroatoms. The molecule has 1 aromatic carbocycles. The number of aromatic nitrogens is 3. The summed E-state index contributed by atoms with van der Waals surface area (Å²) in [5, 5.41) is 20.6. The zero-order valence-corrected chi connectivity index (χ0v) is 12.4. The second-order valence-electron chi connectivity index (χ2n) is 5.29. The Morgan fingerprint density at radius 3 is 2.91 bits per heavy atom. The van der Waals surface area contributed by atoms with Gasteiger partial charge in [0.25, 0.3) is 0 Å². The monoisotopic (exact) mass is 326 g/mol. The Balaban J connectivity index is 1.91. The van der Waals surface area contributed by atoms with Crippen LogP contribution in [-0.4, -0.2) is 46.3 Å². The average molecular weight is 326 g/mol. The number of nitrogens with one attached hydrogen (secondary N) is 1. The molecule has 1 fully saturated rings. The van der Waals surface area contributed by atoms with E-state index in [0.29, 0.717) is 18.5 Å². The van der Waals surface area contributed by atoms with Gasteiger partial charge in [-0.2, -0.15) is 19.7 Å². The van der Waals surface area contributed by atoms with Gasteiger partial charge in [0, 0.05) is 13.1 Å². The third-order valence-corrected chi connectivity index (χ3v) is 5.60. The summed E-state index contributed by atoms with van der Waals surface area (Å²) in [4.78, 5) is -0.128. The molecule has 0 amide bonds. The van der Waals surface area contributed by atoms with Crippen molar-refractivity contribution < 1.29 is 17.9 Å². The number of halogens is 1. The lowest BCUT2D eigenvalue weighted by molar-refractivity contribution is -0.0161. The van der Waals surface area contributed by atoms with Crippen LogP contribution in [0.4, 0.5) is 4.39 Å². The number of benzene rings is 1. The van der Waals surface area contributed by atoms with Crippen molar-refractivity contribution in [1.29, 1.82) is 0 Å². The van der Waals surface area contributed by atoms with E-state index < -0.39 is 21.4 Å². The van der Waals surface area contributed by atoms with E-state index in [0.717, 1.165) is 10.4 Å². The Bertz CT molecular complexity index is 765. The summed E-state index contributed by atoms with van der Waals surface area (Å²) < 4.78 is 39.6. The number of β-amino-alcohol motifs (C(OH)–C–C–N with tert-alkyl or cyclic N) is 1. The summed E-state index contributed by atoms with van der Waals surface area (Å²) in [6, 6.07) is 4.83. The van der Waals surface area contributed by atoms with E-state index in [9.17, 15) is 17.9 Å². The molecule has 1 unspecified atom stereocenters. The highest BCUT2D eigenvalue weighted by atomic mass is 32.2. The smallest absolute Gasteiger partial charge is 0.243 e. The number of hydrogen-bond acceptors (Lipinski definition) is 5. The first kappa shape index (κ1) is 15.1. The van der Waals surface area contributed by atoms with Crippen molar-refractivity contribution in [3.05, 3.63) is 42.0 Å². The molecule has 3 rings (SSSR count). The third kappa shape index (κ3) is 2.62. The van der Waals surface area contributed by atoms with Crippen LogP contribution in [0.25, 0.3) is 0 Å². The van der Waals surface area contributed by atoms with Crippen LogP contribution in [0, 0.1) is 5.82 Å². The van der Waals surface area contributed by atoms with Gasteiger partial charge in [-0.3, -0.25) is 0 Å². The van der Waals surface area contributed by atoms with Crippen LogP contribution in [0.1, 0.15) is 18.5 Å². The maximum Gasteiger partial charge on any atom is 0.243 e. The molecule has 0 bridgehead atoms. The lowest BCUT2D eigenvalue weighted by Gasteiger charge is -2.37. The molecule has 1 atom stereocenters. The molecular formula is C13H15FN4O3S. The molecule has 1 aliphatic heterocycles. The van der Waals surface area contributed by atoms with E-state index in [2.05, 4.69) is 15.4 Å². The van der Waals surface area contributed by atoms with Gasteiger partial charge in [-0.05, 0) is 31.0 Å². The van der Waals surface area contributed by atoms with Crippen molar-refractivity contribution in [3.8, 4) is 0 Å². The minimum Gasteiger partial charge on any atom is -0.382 e. The zero-order valence-electron chi connectivity index (χ0n) is 11.6. The predicted molar refractivity (Wildman–Crippen MR) is 74.7 cm³/mol. The van der Waals surface area contributed by atoms with E-state index in [1.165, 1.54) is 24.4 Å².